The molecule has 1 saturated carbocycles. The predicted molar refractivity (Wildman–Crippen MR) is 115 cm³/mol. The van der Waals surface area contributed by atoms with Crippen molar-refractivity contribution >= 4 is 29.9 Å². The smallest absolute Gasteiger partial charge is 0.213 e. The van der Waals surface area contributed by atoms with Gasteiger partial charge in [0.1, 0.15) is 0 Å². The van der Waals surface area contributed by atoms with Crippen LogP contribution in [0.1, 0.15) is 31.2 Å². The normalized spacial score (nSPS) is 31.6. The molecule has 1 aromatic rings. The second-order valence-corrected chi connectivity index (χ2v) is 8.18. The predicted octanol–water partition coefficient (Wildman–Crippen LogP) is 2.67. The number of halogens is 1. The van der Waals surface area contributed by atoms with E-state index >= 15 is 0 Å². The van der Waals surface area contributed by atoms with Crippen molar-refractivity contribution in [2.24, 2.45) is 22.7 Å². The fourth-order valence-corrected chi connectivity index (χ4v) is 4.73. The van der Waals surface area contributed by atoms with Gasteiger partial charge in [0.15, 0.2) is 5.96 Å². The molecule has 4 aliphatic rings. The maximum Gasteiger partial charge on any atom is 0.213 e. The third kappa shape index (κ3) is 4.04. The molecule has 2 bridgehead atoms. The van der Waals surface area contributed by atoms with Crippen molar-refractivity contribution < 1.29 is 9.47 Å². The first-order chi connectivity index (χ1) is 12.8. The summed E-state index contributed by atoms with van der Waals surface area (Å²) < 4.78 is 11.8. The minimum atomic E-state index is 0. The van der Waals surface area contributed by atoms with Crippen molar-refractivity contribution in [3.63, 3.8) is 0 Å². The van der Waals surface area contributed by atoms with Gasteiger partial charge in [-0.1, -0.05) is 6.07 Å². The van der Waals surface area contributed by atoms with E-state index in [4.69, 9.17) is 9.47 Å². The number of hydrogen-bond acceptors (Lipinski definition) is 4. The van der Waals surface area contributed by atoms with E-state index in [9.17, 15) is 0 Å². The Labute approximate surface area is 178 Å². The maximum absolute atomic E-state index is 6.07. The first-order valence-electron chi connectivity index (χ1n) is 9.99. The number of hydrogen-bond donors (Lipinski definition) is 1. The molecule has 5 rings (SSSR count). The first-order valence-corrected chi connectivity index (χ1v) is 9.99. The number of aliphatic imine (C=N–C) groups is 1. The Kier molecular flexibility index (Phi) is 5.78. The molecule has 0 aromatic carbocycles. The topological polar surface area (TPSA) is 59.0 Å². The van der Waals surface area contributed by atoms with E-state index in [1.807, 2.05) is 19.3 Å². The van der Waals surface area contributed by atoms with Crippen molar-refractivity contribution in [1.29, 1.82) is 0 Å². The molecular weight excluding hydrogens is 455 g/mol. The number of likely N-dealkylation sites (tertiary alicyclic amines) is 1. The maximum atomic E-state index is 6.07. The lowest BCUT2D eigenvalue weighted by molar-refractivity contribution is 0.0767. The van der Waals surface area contributed by atoms with E-state index in [2.05, 4.69) is 26.3 Å². The minimum Gasteiger partial charge on any atom is -0.477 e. The van der Waals surface area contributed by atoms with Gasteiger partial charge in [0.2, 0.25) is 5.88 Å². The fraction of sp³-hybridized carbons (Fsp3) is 0.700. The van der Waals surface area contributed by atoms with Crippen LogP contribution in [0, 0.1) is 17.8 Å². The lowest BCUT2D eigenvalue weighted by atomic mass is 9.82. The third-order valence-electron chi connectivity index (χ3n) is 6.38. The van der Waals surface area contributed by atoms with Gasteiger partial charge in [-0.2, -0.15) is 0 Å². The van der Waals surface area contributed by atoms with E-state index < -0.39 is 0 Å². The highest BCUT2D eigenvalue weighted by molar-refractivity contribution is 14.0. The Morgan fingerprint density at radius 2 is 1.96 bits per heavy atom. The summed E-state index contributed by atoms with van der Waals surface area (Å²) in [5.74, 6) is 3.86. The molecule has 1 aromatic heterocycles. The van der Waals surface area contributed by atoms with Crippen molar-refractivity contribution in [1.82, 2.24) is 15.2 Å². The molecule has 7 heteroatoms. The van der Waals surface area contributed by atoms with Crippen molar-refractivity contribution in [3.8, 4) is 5.88 Å². The number of ether oxygens (including phenoxy) is 2. The Morgan fingerprint density at radius 1 is 1.22 bits per heavy atom. The Bertz CT molecular complexity index is 661. The molecule has 1 N–H and O–H groups in total. The molecule has 0 spiro atoms. The molecule has 4 atom stereocenters. The van der Waals surface area contributed by atoms with Crippen LogP contribution < -0.4 is 10.1 Å². The summed E-state index contributed by atoms with van der Waals surface area (Å²) >= 11 is 0. The van der Waals surface area contributed by atoms with E-state index in [1.54, 1.807) is 0 Å². The number of aromatic nitrogens is 1. The molecule has 4 fully saturated rings. The van der Waals surface area contributed by atoms with Gasteiger partial charge in [0.25, 0.3) is 0 Å². The van der Waals surface area contributed by atoms with Gasteiger partial charge >= 0.3 is 0 Å². The minimum absolute atomic E-state index is 0. The second kappa shape index (κ2) is 8.11. The molecular formula is C20H29IN4O2. The van der Waals surface area contributed by atoms with Crippen LogP contribution in [-0.4, -0.2) is 54.8 Å². The van der Waals surface area contributed by atoms with Crippen LogP contribution >= 0.6 is 24.0 Å². The second-order valence-electron chi connectivity index (χ2n) is 8.18. The summed E-state index contributed by atoms with van der Waals surface area (Å²) in [5, 5.41) is 3.50. The summed E-state index contributed by atoms with van der Waals surface area (Å²) in [5.41, 5.74) is 1.15. The Balaban J connectivity index is 0.00000180. The van der Waals surface area contributed by atoms with Crippen LogP contribution in [0.15, 0.2) is 23.3 Å². The van der Waals surface area contributed by atoms with Gasteiger partial charge in [-0.3, -0.25) is 4.99 Å². The molecule has 1 aliphatic carbocycles. The monoisotopic (exact) mass is 484 g/mol. The van der Waals surface area contributed by atoms with Crippen molar-refractivity contribution in [2.45, 2.75) is 44.4 Å². The molecule has 4 unspecified atom stereocenters. The third-order valence-corrected chi connectivity index (χ3v) is 6.38. The number of pyridine rings is 1. The van der Waals surface area contributed by atoms with Crippen LogP contribution in [0.2, 0.25) is 0 Å². The quantitative estimate of drug-likeness (QED) is 0.396. The highest BCUT2D eigenvalue weighted by atomic mass is 127. The fourth-order valence-electron chi connectivity index (χ4n) is 4.73. The summed E-state index contributed by atoms with van der Waals surface area (Å²) in [7, 11) is 1.87. The molecule has 0 amide bonds. The summed E-state index contributed by atoms with van der Waals surface area (Å²) in [4.78, 5) is 11.3. The molecule has 3 aliphatic heterocycles. The SMILES string of the molecule is CN=C(NCc1ccc(OCC2CC2)nc1)N1CC2C3CCC(O3)C2C1.I. The van der Waals surface area contributed by atoms with E-state index in [-0.39, 0.29) is 24.0 Å². The number of guanidine groups is 1. The van der Waals surface area contributed by atoms with E-state index in [0.717, 1.165) is 49.6 Å². The van der Waals surface area contributed by atoms with Gasteiger partial charge in [-0.25, -0.2) is 4.98 Å². The van der Waals surface area contributed by atoms with E-state index in [1.165, 1.54) is 25.7 Å². The number of nitrogens with zero attached hydrogens (tertiary/aromatic N) is 3. The highest BCUT2D eigenvalue weighted by Crippen LogP contribution is 2.47. The molecule has 4 heterocycles. The molecule has 27 heavy (non-hydrogen) atoms. The summed E-state index contributed by atoms with van der Waals surface area (Å²) in [6.07, 6.45) is 7.95. The van der Waals surface area contributed by atoms with Gasteiger partial charge in [-0.05, 0) is 37.2 Å². The molecule has 0 radical (unpaired) electrons. The number of fused-ring (bicyclic) bond motifs is 5. The Morgan fingerprint density at radius 3 is 2.56 bits per heavy atom. The van der Waals surface area contributed by atoms with Crippen LogP contribution in [-0.2, 0) is 11.3 Å². The van der Waals surface area contributed by atoms with Gasteiger partial charge in [0, 0.05) is 50.8 Å². The van der Waals surface area contributed by atoms with Crippen LogP contribution in [0.4, 0.5) is 0 Å². The molecule has 3 saturated heterocycles. The van der Waals surface area contributed by atoms with Gasteiger partial charge in [0.05, 0.1) is 18.8 Å². The zero-order chi connectivity index (χ0) is 17.5. The standard InChI is InChI=1S/C20H28N4O2.HI/c1-21-20(24-10-15-16(11-24)18-6-5-17(15)26-18)23-9-14-4-7-19(22-8-14)25-12-13-2-3-13;/h4,7-8,13,15-18H,2-3,5-6,9-12H2,1H3,(H,21,23);1H. The van der Waals surface area contributed by atoms with Gasteiger partial charge < -0.3 is 19.7 Å². The summed E-state index contributed by atoms with van der Waals surface area (Å²) in [6, 6.07) is 4.06. The zero-order valence-electron chi connectivity index (χ0n) is 15.8. The summed E-state index contributed by atoms with van der Waals surface area (Å²) in [6.45, 7) is 3.67. The van der Waals surface area contributed by atoms with Gasteiger partial charge in [-0.15, -0.1) is 24.0 Å². The molecule has 148 valence electrons. The average Bonchev–Trinajstić information content (AvgIpc) is 3.06. The largest absolute Gasteiger partial charge is 0.477 e. The zero-order valence-corrected chi connectivity index (χ0v) is 18.2. The Hall–Kier alpha value is -1.09. The number of rotatable bonds is 5. The number of nitrogens with one attached hydrogen (secondary N) is 1. The lowest BCUT2D eigenvalue weighted by Gasteiger charge is -2.23. The average molecular weight is 484 g/mol. The van der Waals surface area contributed by atoms with Crippen LogP contribution in [0.25, 0.3) is 0 Å². The van der Waals surface area contributed by atoms with Crippen molar-refractivity contribution in [3.05, 3.63) is 23.9 Å². The van der Waals surface area contributed by atoms with Crippen LogP contribution in [0.5, 0.6) is 5.88 Å². The van der Waals surface area contributed by atoms with Crippen LogP contribution in [0.3, 0.4) is 0 Å². The lowest BCUT2D eigenvalue weighted by Crippen LogP contribution is -2.41. The van der Waals surface area contributed by atoms with Crippen molar-refractivity contribution in [2.75, 3.05) is 26.7 Å². The molecule has 6 nitrogen and oxygen atoms in total. The first kappa shape index (κ1) is 19.2. The van der Waals surface area contributed by atoms with E-state index in [0.29, 0.717) is 24.0 Å². The highest BCUT2D eigenvalue weighted by Gasteiger charge is 2.53.